The van der Waals surface area contributed by atoms with Crippen LogP contribution in [0.2, 0.25) is 0 Å². The number of methoxy groups -OCH3 is 1. The van der Waals surface area contributed by atoms with Gasteiger partial charge in [-0.2, -0.15) is 0 Å². The summed E-state index contributed by atoms with van der Waals surface area (Å²) in [4.78, 5) is 14.1. The molecule has 22 heavy (non-hydrogen) atoms. The fourth-order valence-corrected chi connectivity index (χ4v) is 2.55. The number of para-hydroxylation sites is 2. The molecule has 5 nitrogen and oxygen atoms in total. The highest BCUT2D eigenvalue weighted by Gasteiger charge is 2.33. The second kappa shape index (κ2) is 6.49. The monoisotopic (exact) mass is 297 g/mol. The predicted octanol–water partition coefficient (Wildman–Crippen LogP) is 2.80. The molecule has 1 aliphatic rings. The lowest BCUT2D eigenvalue weighted by Crippen LogP contribution is -2.47. The van der Waals surface area contributed by atoms with E-state index in [4.69, 9.17) is 4.74 Å². The van der Waals surface area contributed by atoms with E-state index in [1.807, 2.05) is 42.5 Å². The second-order valence-electron chi connectivity index (χ2n) is 5.09. The zero-order chi connectivity index (χ0) is 15.4. The van der Waals surface area contributed by atoms with E-state index in [2.05, 4.69) is 22.8 Å². The first-order chi connectivity index (χ1) is 10.8. The average Bonchev–Trinajstić information content (AvgIpc) is 2.94. The standard InChI is InChI=1S/C17H19N3O2/c1-22-17-19-14-9-5-6-10-15(14)20(17)16(21)18-12-11-13-7-3-2-4-8-13/h2-10,17,19H,11-12H2,1H3,(H,18,21). The van der Waals surface area contributed by atoms with Crippen LogP contribution in [0, 0.1) is 0 Å². The molecule has 3 rings (SSSR count). The number of carbonyl (C=O) groups is 1. The quantitative estimate of drug-likeness (QED) is 0.912. The fourth-order valence-electron chi connectivity index (χ4n) is 2.55. The lowest BCUT2D eigenvalue weighted by atomic mass is 10.1. The van der Waals surface area contributed by atoms with Gasteiger partial charge in [0.15, 0.2) is 0 Å². The summed E-state index contributed by atoms with van der Waals surface area (Å²) in [6.45, 7) is 0.581. The maximum atomic E-state index is 12.5. The Hall–Kier alpha value is -2.53. The van der Waals surface area contributed by atoms with Crippen molar-refractivity contribution in [2.45, 2.75) is 12.8 Å². The van der Waals surface area contributed by atoms with E-state index in [1.54, 1.807) is 12.0 Å². The number of fused-ring (bicyclic) bond motifs is 1. The Bertz CT molecular complexity index is 645. The van der Waals surface area contributed by atoms with Crippen LogP contribution in [0.4, 0.5) is 16.2 Å². The molecular weight excluding hydrogens is 278 g/mol. The molecule has 114 valence electrons. The molecule has 0 bridgehead atoms. The molecular formula is C17H19N3O2. The minimum absolute atomic E-state index is 0.166. The minimum atomic E-state index is -0.478. The highest BCUT2D eigenvalue weighted by atomic mass is 16.5. The maximum absolute atomic E-state index is 12.5. The Labute approximate surface area is 129 Å². The number of rotatable bonds is 4. The van der Waals surface area contributed by atoms with Gasteiger partial charge in [0.05, 0.1) is 11.4 Å². The molecule has 2 amide bonds. The predicted molar refractivity (Wildman–Crippen MR) is 86.9 cm³/mol. The number of hydrogen-bond donors (Lipinski definition) is 2. The van der Waals surface area contributed by atoms with E-state index >= 15 is 0 Å². The van der Waals surface area contributed by atoms with Crippen molar-refractivity contribution in [2.75, 3.05) is 23.9 Å². The molecule has 2 N–H and O–H groups in total. The molecule has 0 spiro atoms. The SMILES string of the molecule is COC1Nc2ccccc2N1C(=O)NCCc1ccccc1. The summed E-state index contributed by atoms with van der Waals surface area (Å²) in [5.41, 5.74) is 2.92. The van der Waals surface area contributed by atoms with Crippen LogP contribution in [0.25, 0.3) is 0 Å². The lowest BCUT2D eigenvalue weighted by molar-refractivity contribution is 0.129. The molecule has 1 atom stereocenters. The van der Waals surface area contributed by atoms with Crippen molar-refractivity contribution in [1.29, 1.82) is 0 Å². The fraction of sp³-hybridized carbons (Fsp3) is 0.235. The molecule has 1 heterocycles. The average molecular weight is 297 g/mol. The number of benzene rings is 2. The van der Waals surface area contributed by atoms with Crippen LogP contribution in [-0.4, -0.2) is 26.0 Å². The number of anilines is 2. The second-order valence-corrected chi connectivity index (χ2v) is 5.09. The van der Waals surface area contributed by atoms with Crippen molar-refractivity contribution in [1.82, 2.24) is 5.32 Å². The van der Waals surface area contributed by atoms with Gasteiger partial charge in [-0.05, 0) is 24.1 Å². The molecule has 0 aromatic heterocycles. The Balaban J connectivity index is 1.64. The number of urea groups is 1. The van der Waals surface area contributed by atoms with Gasteiger partial charge in [-0.1, -0.05) is 42.5 Å². The Morgan fingerprint density at radius 3 is 2.68 bits per heavy atom. The summed E-state index contributed by atoms with van der Waals surface area (Å²) in [7, 11) is 1.58. The third-order valence-electron chi connectivity index (χ3n) is 3.65. The molecule has 2 aromatic rings. The van der Waals surface area contributed by atoms with Crippen molar-refractivity contribution < 1.29 is 9.53 Å². The smallest absolute Gasteiger partial charge is 0.325 e. The van der Waals surface area contributed by atoms with Crippen LogP contribution < -0.4 is 15.5 Å². The summed E-state index contributed by atoms with van der Waals surface area (Å²) < 4.78 is 5.35. The van der Waals surface area contributed by atoms with Gasteiger partial charge >= 0.3 is 6.03 Å². The maximum Gasteiger partial charge on any atom is 0.325 e. The molecule has 2 aromatic carbocycles. The summed E-state index contributed by atoms with van der Waals surface area (Å²) in [5.74, 6) is 0. The van der Waals surface area contributed by atoms with Crippen molar-refractivity contribution in [2.24, 2.45) is 0 Å². The van der Waals surface area contributed by atoms with Crippen molar-refractivity contribution in [3.8, 4) is 0 Å². The minimum Gasteiger partial charge on any atom is -0.343 e. The van der Waals surface area contributed by atoms with Gasteiger partial charge < -0.3 is 15.4 Å². The van der Waals surface area contributed by atoms with Gasteiger partial charge in [-0.25, -0.2) is 9.69 Å². The van der Waals surface area contributed by atoms with Crippen molar-refractivity contribution >= 4 is 17.4 Å². The van der Waals surface area contributed by atoms with Crippen LogP contribution in [0.5, 0.6) is 0 Å². The van der Waals surface area contributed by atoms with Crippen LogP contribution in [0.15, 0.2) is 54.6 Å². The Morgan fingerprint density at radius 1 is 1.18 bits per heavy atom. The Kier molecular flexibility index (Phi) is 4.25. The lowest BCUT2D eigenvalue weighted by Gasteiger charge is -2.23. The van der Waals surface area contributed by atoms with E-state index in [0.29, 0.717) is 6.54 Å². The van der Waals surface area contributed by atoms with Crippen molar-refractivity contribution in [3.63, 3.8) is 0 Å². The first-order valence-electron chi connectivity index (χ1n) is 7.29. The molecule has 0 fully saturated rings. The number of amides is 2. The zero-order valence-electron chi connectivity index (χ0n) is 12.5. The molecule has 0 aliphatic carbocycles. The van der Waals surface area contributed by atoms with Gasteiger partial charge in [0.25, 0.3) is 0 Å². The first-order valence-corrected chi connectivity index (χ1v) is 7.29. The number of carbonyl (C=O) groups excluding carboxylic acids is 1. The molecule has 0 radical (unpaired) electrons. The van der Waals surface area contributed by atoms with Gasteiger partial charge in [0, 0.05) is 13.7 Å². The molecule has 0 saturated carbocycles. The van der Waals surface area contributed by atoms with Gasteiger partial charge in [0.2, 0.25) is 6.35 Å². The zero-order valence-corrected chi connectivity index (χ0v) is 12.5. The Morgan fingerprint density at radius 2 is 1.91 bits per heavy atom. The number of nitrogens with one attached hydrogen (secondary N) is 2. The highest BCUT2D eigenvalue weighted by molar-refractivity contribution is 5.98. The molecule has 0 saturated heterocycles. The summed E-state index contributed by atoms with van der Waals surface area (Å²) in [5, 5.41) is 6.11. The van der Waals surface area contributed by atoms with Crippen LogP contribution in [0.1, 0.15) is 5.56 Å². The van der Waals surface area contributed by atoms with Crippen molar-refractivity contribution in [3.05, 3.63) is 60.2 Å². The largest absolute Gasteiger partial charge is 0.343 e. The molecule has 1 unspecified atom stereocenters. The van der Waals surface area contributed by atoms with Gasteiger partial charge in [-0.15, -0.1) is 0 Å². The number of nitrogens with zero attached hydrogens (tertiary/aromatic N) is 1. The van der Waals surface area contributed by atoms with E-state index in [0.717, 1.165) is 17.8 Å². The van der Waals surface area contributed by atoms with Gasteiger partial charge in [-0.3, -0.25) is 0 Å². The van der Waals surface area contributed by atoms with Crippen LogP contribution >= 0.6 is 0 Å². The van der Waals surface area contributed by atoms with E-state index in [-0.39, 0.29) is 6.03 Å². The summed E-state index contributed by atoms with van der Waals surface area (Å²) in [6, 6.07) is 17.6. The van der Waals surface area contributed by atoms with E-state index in [9.17, 15) is 4.79 Å². The third kappa shape index (κ3) is 2.89. The highest BCUT2D eigenvalue weighted by Crippen LogP contribution is 2.34. The van der Waals surface area contributed by atoms with E-state index in [1.165, 1.54) is 5.56 Å². The number of ether oxygens (including phenoxy) is 1. The normalized spacial score (nSPS) is 16.0. The topological polar surface area (TPSA) is 53.6 Å². The van der Waals surface area contributed by atoms with Crippen LogP contribution in [0.3, 0.4) is 0 Å². The van der Waals surface area contributed by atoms with Gasteiger partial charge in [0.1, 0.15) is 0 Å². The first kappa shape index (κ1) is 14.4. The number of hydrogen-bond acceptors (Lipinski definition) is 3. The van der Waals surface area contributed by atoms with Crippen LogP contribution in [-0.2, 0) is 11.2 Å². The summed E-state index contributed by atoms with van der Waals surface area (Å²) in [6.07, 6.45) is 0.321. The van der Waals surface area contributed by atoms with E-state index < -0.39 is 6.35 Å². The summed E-state index contributed by atoms with van der Waals surface area (Å²) >= 11 is 0. The molecule has 5 heteroatoms. The molecule has 1 aliphatic heterocycles. The third-order valence-corrected chi connectivity index (χ3v) is 3.65.